The number of halogens is 3. The first kappa shape index (κ1) is 13.9. The fourth-order valence-corrected chi connectivity index (χ4v) is 1.45. The zero-order valence-corrected chi connectivity index (χ0v) is 9.85. The van der Waals surface area contributed by atoms with Crippen molar-refractivity contribution >= 4 is 5.97 Å². The van der Waals surface area contributed by atoms with E-state index < -0.39 is 36.1 Å². The standard InChI is InChI=1S/C12H8F3NO4/c13-12(14,15)10-8(6-9(17)18)16-11(20-10)19-7-4-2-1-3-5-7/h1-5H,6H2,(H,17,18). The summed E-state index contributed by atoms with van der Waals surface area (Å²) in [7, 11) is 0. The molecule has 5 nitrogen and oxygen atoms in total. The van der Waals surface area contributed by atoms with E-state index in [1.165, 1.54) is 12.1 Å². The van der Waals surface area contributed by atoms with Gasteiger partial charge in [-0.15, -0.1) is 0 Å². The average Bonchev–Trinajstić information content (AvgIpc) is 2.72. The Kier molecular flexibility index (Phi) is 3.64. The highest BCUT2D eigenvalue weighted by Crippen LogP contribution is 2.35. The second kappa shape index (κ2) is 5.24. The molecule has 0 saturated heterocycles. The highest BCUT2D eigenvalue weighted by Gasteiger charge is 2.40. The summed E-state index contributed by atoms with van der Waals surface area (Å²) in [4.78, 5) is 13.9. The highest BCUT2D eigenvalue weighted by atomic mass is 19.4. The predicted octanol–water partition coefficient (Wildman–Crippen LogP) is 3.11. The Labute approximate surface area is 110 Å². The van der Waals surface area contributed by atoms with E-state index in [4.69, 9.17) is 9.84 Å². The first-order valence-corrected chi connectivity index (χ1v) is 5.38. The summed E-state index contributed by atoms with van der Waals surface area (Å²) in [5.41, 5.74) is -0.726. The summed E-state index contributed by atoms with van der Waals surface area (Å²) in [6.07, 6.45) is -6.40. The van der Waals surface area contributed by atoms with Gasteiger partial charge in [-0.1, -0.05) is 18.2 Å². The largest absolute Gasteiger partial charge is 0.481 e. The molecular weight excluding hydrogens is 279 g/mol. The molecule has 0 fully saturated rings. The number of para-hydroxylation sites is 1. The van der Waals surface area contributed by atoms with Gasteiger partial charge in [-0.3, -0.25) is 4.79 Å². The van der Waals surface area contributed by atoms with Gasteiger partial charge in [0.25, 0.3) is 0 Å². The fourth-order valence-electron chi connectivity index (χ4n) is 1.45. The SMILES string of the molecule is O=C(O)Cc1nc(Oc2ccccc2)oc1C(F)(F)F. The molecular formula is C12H8F3NO4. The van der Waals surface area contributed by atoms with Crippen molar-refractivity contribution in [1.82, 2.24) is 4.98 Å². The van der Waals surface area contributed by atoms with Crippen LogP contribution in [0.15, 0.2) is 34.7 Å². The van der Waals surface area contributed by atoms with E-state index in [2.05, 4.69) is 9.40 Å². The zero-order valence-electron chi connectivity index (χ0n) is 9.85. The maximum absolute atomic E-state index is 12.7. The minimum absolute atomic E-state index is 0.226. The Bertz CT molecular complexity index is 607. The molecule has 0 saturated carbocycles. The Morgan fingerprint density at radius 3 is 2.50 bits per heavy atom. The predicted molar refractivity (Wildman–Crippen MR) is 59.4 cm³/mol. The second-order valence-electron chi connectivity index (χ2n) is 3.74. The van der Waals surface area contributed by atoms with Crippen LogP contribution in [0.25, 0.3) is 0 Å². The van der Waals surface area contributed by atoms with Crippen LogP contribution in [0.4, 0.5) is 13.2 Å². The number of rotatable bonds is 4. The van der Waals surface area contributed by atoms with Crippen LogP contribution in [0, 0.1) is 0 Å². The minimum atomic E-state index is -4.84. The summed E-state index contributed by atoms with van der Waals surface area (Å²) in [6.45, 7) is 0. The van der Waals surface area contributed by atoms with Gasteiger partial charge >= 0.3 is 18.2 Å². The van der Waals surface area contributed by atoms with Crippen LogP contribution in [-0.4, -0.2) is 16.1 Å². The van der Waals surface area contributed by atoms with Gasteiger partial charge in [0.15, 0.2) is 0 Å². The van der Waals surface area contributed by atoms with Crippen molar-refractivity contribution in [3.63, 3.8) is 0 Å². The van der Waals surface area contributed by atoms with Gasteiger partial charge in [-0.25, -0.2) is 0 Å². The molecule has 8 heteroatoms. The number of hydrogen-bond donors (Lipinski definition) is 1. The molecule has 1 heterocycles. The van der Waals surface area contributed by atoms with Gasteiger partial charge in [0, 0.05) is 0 Å². The van der Waals surface area contributed by atoms with Gasteiger partial charge in [0.05, 0.1) is 6.42 Å². The summed E-state index contributed by atoms with van der Waals surface area (Å²) in [6, 6.07) is 7.91. The number of nitrogens with zero attached hydrogens (tertiary/aromatic N) is 1. The number of carbonyl (C=O) groups is 1. The van der Waals surface area contributed by atoms with E-state index in [1.54, 1.807) is 18.2 Å². The molecule has 106 valence electrons. The molecule has 20 heavy (non-hydrogen) atoms. The van der Waals surface area contributed by atoms with Crippen LogP contribution < -0.4 is 4.74 Å². The van der Waals surface area contributed by atoms with E-state index >= 15 is 0 Å². The number of aromatic nitrogens is 1. The van der Waals surface area contributed by atoms with Crippen molar-refractivity contribution in [1.29, 1.82) is 0 Å². The number of alkyl halides is 3. The molecule has 0 aliphatic rings. The van der Waals surface area contributed by atoms with Crippen LogP contribution >= 0.6 is 0 Å². The Hall–Kier alpha value is -2.51. The lowest BCUT2D eigenvalue weighted by molar-refractivity contribution is -0.154. The molecule has 2 aromatic rings. The molecule has 2 rings (SSSR count). The lowest BCUT2D eigenvalue weighted by atomic mass is 10.2. The van der Waals surface area contributed by atoms with E-state index in [0.29, 0.717) is 0 Å². The molecule has 0 spiro atoms. The quantitative estimate of drug-likeness (QED) is 0.935. The molecule has 0 atom stereocenters. The molecule has 0 unspecified atom stereocenters. The third-order valence-electron chi connectivity index (χ3n) is 2.20. The number of ether oxygens (including phenoxy) is 1. The van der Waals surface area contributed by atoms with Crippen LogP contribution in [0.1, 0.15) is 11.5 Å². The van der Waals surface area contributed by atoms with Gasteiger partial charge in [-0.05, 0) is 12.1 Å². The van der Waals surface area contributed by atoms with E-state index in [0.717, 1.165) is 0 Å². The molecule has 1 aromatic heterocycles. The zero-order chi connectivity index (χ0) is 14.8. The first-order valence-electron chi connectivity index (χ1n) is 5.38. The summed E-state index contributed by atoms with van der Waals surface area (Å²) < 4.78 is 47.5. The molecule has 0 aliphatic heterocycles. The molecule has 1 N–H and O–H groups in total. The Morgan fingerprint density at radius 2 is 1.95 bits per heavy atom. The molecule has 1 aromatic carbocycles. The van der Waals surface area contributed by atoms with Crippen molar-refractivity contribution in [2.24, 2.45) is 0 Å². The smallest absolute Gasteiger partial charge is 0.451 e. The molecule has 0 amide bonds. The molecule has 0 bridgehead atoms. The maximum atomic E-state index is 12.7. The summed E-state index contributed by atoms with van der Waals surface area (Å²) >= 11 is 0. The lowest BCUT2D eigenvalue weighted by Crippen LogP contribution is -2.10. The summed E-state index contributed by atoms with van der Waals surface area (Å²) in [5, 5.41) is 8.57. The lowest BCUT2D eigenvalue weighted by Gasteiger charge is -2.02. The number of benzene rings is 1. The highest BCUT2D eigenvalue weighted by molar-refractivity contribution is 5.69. The van der Waals surface area contributed by atoms with Gasteiger partial charge < -0.3 is 14.3 Å². The van der Waals surface area contributed by atoms with Crippen LogP contribution in [0.3, 0.4) is 0 Å². The van der Waals surface area contributed by atoms with Crippen molar-refractivity contribution in [3.05, 3.63) is 41.8 Å². The van der Waals surface area contributed by atoms with Crippen LogP contribution in [0.5, 0.6) is 11.8 Å². The molecule has 0 radical (unpaired) electrons. The fraction of sp³-hybridized carbons (Fsp3) is 0.167. The third kappa shape index (κ3) is 3.28. The average molecular weight is 287 g/mol. The van der Waals surface area contributed by atoms with Crippen molar-refractivity contribution < 1.29 is 32.2 Å². The number of aliphatic carboxylic acids is 1. The first-order chi connectivity index (χ1) is 9.36. The minimum Gasteiger partial charge on any atom is -0.481 e. The van der Waals surface area contributed by atoms with E-state index in [9.17, 15) is 18.0 Å². The maximum Gasteiger partial charge on any atom is 0.451 e. The Morgan fingerprint density at radius 1 is 1.30 bits per heavy atom. The van der Waals surface area contributed by atoms with Crippen molar-refractivity contribution in [2.45, 2.75) is 12.6 Å². The van der Waals surface area contributed by atoms with E-state index in [1.807, 2.05) is 0 Å². The third-order valence-corrected chi connectivity index (χ3v) is 2.20. The van der Waals surface area contributed by atoms with Gasteiger partial charge in [0.1, 0.15) is 11.4 Å². The molecule has 0 aliphatic carbocycles. The number of hydrogen-bond acceptors (Lipinski definition) is 4. The number of oxazole rings is 1. The topological polar surface area (TPSA) is 72.6 Å². The van der Waals surface area contributed by atoms with E-state index in [-0.39, 0.29) is 5.75 Å². The second-order valence-corrected chi connectivity index (χ2v) is 3.74. The number of carboxylic acid groups (broad SMARTS) is 1. The van der Waals surface area contributed by atoms with Crippen molar-refractivity contribution in [2.75, 3.05) is 0 Å². The van der Waals surface area contributed by atoms with Crippen LogP contribution in [-0.2, 0) is 17.4 Å². The van der Waals surface area contributed by atoms with Crippen LogP contribution in [0.2, 0.25) is 0 Å². The summed E-state index contributed by atoms with van der Waals surface area (Å²) in [5.74, 6) is -2.69. The van der Waals surface area contributed by atoms with Gasteiger partial charge in [0.2, 0.25) is 5.76 Å². The van der Waals surface area contributed by atoms with Crippen molar-refractivity contribution in [3.8, 4) is 11.8 Å². The normalized spacial score (nSPS) is 11.3. The van der Waals surface area contributed by atoms with Gasteiger partial charge in [-0.2, -0.15) is 18.2 Å². The number of carboxylic acids is 1. The monoisotopic (exact) mass is 287 g/mol. The Balaban J connectivity index is 2.31.